The predicted octanol–water partition coefficient (Wildman–Crippen LogP) is 11.1. The quantitative estimate of drug-likeness (QED) is 0.109. The molecule has 18 heteroatoms. The number of fused-ring (bicyclic) bond motifs is 2. The van der Waals surface area contributed by atoms with Gasteiger partial charge >= 0.3 is 0 Å². The van der Waals surface area contributed by atoms with Crippen LogP contribution in [0, 0.1) is 32.6 Å². The Morgan fingerprint density at radius 3 is 1.55 bits per heavy atom. The summed E-state index contributed by atoms with van der Waals surface area (Å²) in [7, 11) is 3.19. The molecular weight excluding hydrogens is 1080 g/mol. The predicted molar refractivity (Wildman–Crippen MR) is 289 cm³/mol. The van der Waals surface area contributed by atoms with Crippen LogP contribution in [0.5, 0.6) is 23.0 Å². The number of nitrogens with zero attached hydrogens (tertiary/aromatic N) is 6. The lowest BCUT2D eigenvalue weighted by molar-refractivity contribution is -0.130. The van der Waals surface area contributed by atoms with Crippen molar-refractivity contribution in [2.24, 2.45) is 25.9 Å². The molecule has 2 aromatic heterocycles. The lowest BCUT2D eigenvalue weighted by Crippen LogP contribution is -2.31. The number of aromatic nitrogens is 4. The van der Waals surface area contributed by atoms with Gasteiger partial charge in [-0.25, -0.2) is 0 Å². The number of likely N-dealkylation sites (tertiary alicyclic amines) is 2. The second-order valence-corrected chi connectivity index (χ2v) is 22.2. The first-order chi connectivity index (χ1) is 34.6. The van der Waals surface area contributed by atoms with Gasteiger partial charge in [0.2, 0.25) is 11.8 Å². The third-order valence-corrected chi connectivity index (χ3v) is 16.4. The van der Waals surface area contributed by atoms with E-state index in [2.05, 4.69) is 55.9 Å². The summed E-state index contributed by atoms with van der Waals surface area (Å²) < 4.78 is 52.8. The fourth-order valence-corrected chi connectivity index (χ4v) is 11.3. The van der Waals surface area contributed by atoms with Crippen LogP contribution in [0.1, 0.15) is 80.7 Å². The van der Waals surface area contributed by atoms with Crippen LogP contribution in [-0.2, 0) is 38.0 Å². The number of hydrogen-bond donors (Lipinski definition) is 1. The van der Waals surface area contributed by atoms with Crippen LogP contribution in [0.3, 0.4) is 0 Å². The van der Waals surface area contributed by atoms with E-state index in [1.807, 2.05) is 118 Å². The number of ether oxygens (including phenoxy) is 3. The van der Waals surface area contributed by atoms with Gasteiger partial charge in [0.1, 0.15) is 29.1 Å². The van der Waals surface area contributed by atoms with Crippen molar-refractivity contribution >= 4 is 75.6 Å². The standard InChI is InChI=1S/C24H28BrN3O3.C22H27NO5S.C9H9BrN2O/c1-14(17-6-8-20(30-5)9-7-17)28-13-18(10-23(28)29)16(3)31-22-12-19(25)11-21-24(22)15(2)27(4)26-21;1-15-5-11-21(12-6-15)29(25,26)28-17(3)19-13-22(24)23(14-19)16(2)18-7-9-20(27-4)10-8-18;1-5-9-7(11-12(5)2)3-6(10)4-8(9)13/h6-9,11-12,14,16,18H,10,13H2,1-5H3;5-12,16-17,19H,13-14H2,1-4H3;3-4,13H,1-2H3/t14-,16+,18+;16-,17-,19+;/m00./s1. The number of carbonyl (C=O) groups is 2. The number of rotatable bonds is 13. The molecule has 0 bridgehead atoms. The molecule has 1 N–H and O–H groups in total. The second-order valence-electron chi connectivity index (χ2n) is 18.8. The van der Waals surface area contributed by atoms with Crippen LogP contribution in [0.4, 0.5) is 0 Å². The zero-order valence-electron chi connectivity index (χ0n) is 43.1. The summed E-state index contributed by atoms with van der Waals surface area (Å²) in [5.74, 6) is 2.75. The summed E-state index contributed by atoms with van der Waals surface area (Å²) in [4.78, 5) is 29.3. The molecule has 15 nitrogen and oxygen atoms in total. The summed E-state index contributed by atoms with van der Waals surface area (Å²) in [6.45, 7) is 14.8. The molecule has 2 aliphatic rings. The van der Waals surface area contributed by atoms with E-state index in [0.717, 1.165) is 76.1 Å². The Bertz CT molecular complexity index is 3200. The number of aromatic hydroxyl groups is 1. The van der Waals surface area contributed by atoms with Crippen LogP contribution in [-0.4, -0.2) is 94.2 Å². The molecule has 0 radical (unpaired) electrons. The molecule has 0 saturated carbocycles. The summed E-state index contributed by atoms with van der Waals surface area (Å²) in [6, 6.07) is 29.5. The van der Waals surface area contributed by atoms with E-state index in [1.54, 1.807) is 48.9 Å². The SMILES string of the molecule is COc1ccc([C@H](C)N2C[C@H]([C@@H](C)Oc3cc(Br)cc4nn(C)c(C)c34)CC2=O)cc1.COc1ccc([C@H](C)N2C[C@H]([C@H](C)OS(=O)(=O)c3ccc(C)cc3)CC2=O)cc1.Cc1c2c(O)cc(Br)cc2nn1C. The Hall–Kier alpha value is -5.95. The maximum atomic E-state index is 12.8. The fraction of sp³-hybridized carbons (Fsp3) is 0.382. The van der Waals surface area contributed by atoms with Gasteiger partial charge in [0.05, 0.1) is 59.1 Å². The minimum absolute atomic E-state index is 0.00139. The van der Waals surface area contributed by atoms with Gasteiger partial charge in [0, 0.05) is 72.2 Å². The average Bonchev–Trinajstić information content (AvgIpc) is 4.10. The number of benzene rings is 5. The summed E-state index contributed by atoms with van der Waals surface area (Å²) in [6.07, 6.45) is 0.0584. The van der Waals surface area contributed by atoms with E-state index >= 15 is 0 Å². The number of amides is 2. The summed E-state index contributed by atoms with van der Waals surface area (Å²) in [5, 5.41) is 20.3. The number of hydrogen-bond acceptors (Lipinski definition) is 11. The Labute approximate surface area is 444 Å². The summed E-state index contributed by atoms with van der Waals surface area (Å²) >= 11 is 6.87. The largest absolute Gasteiger partial charge is 0.507 e. The minimum atomic E-state index is -3.87. The molecule has 5 aromatic carbocycles. The molecule has 2 amide bonds. The molecule has 4 heterocycles. The molecule has 0 spiro atoms. The zero-order valence-corrected chi connectivity index (χ0v) is 47.1. The van der Waals surface area contributed by atoms with Gasteiger partial charge in [-0.15, -0.1) is 0 Å². The Morgan fingerprint density at radius 1 is 0.630 bits per heavy atom. The molecule has 6 atom stereocenters. The Balaban J connectivity index is 0.000000173. The fourth-order valence-electron chi connectivity index (χ4n) is 9.29. The van der Waals surface area contributed by atoms with E-state index in [0.29, 0.717) is 19.5 Å². The van der Waals surface area contributed by atoms with Crippen molar-refractivity contribution < 1.29 is 41.5 Å². The topological polar surface area (TPSA) is 168 Å². The highest BCUT2D eigenvalue weighted by molar-refractivity contribution is 9.10. The summed E-state index contributed by atoms with van der Waals surface area (Å²) in [5.41, 5.74) is 6.81. The van der Waals surface area contributed by atoms with Gasteiger partial charge < -0.3 is 29.1 Å². The van der Waals surface area contributed by atoms with Crippen LogP contribution >= 0.6 is 31.9 Å². The number of carbonyl (C=O) groups excluding carboxylic acids is 2. The number of aryl methyl sites for hydroxylation is 5. The Kier molecular flexibility index (Phi) is 17.3. The minimum Gasteiger partial charge on any atom is -0.507 e. The molecular formula is C55H64Br2N6O9S. The zero-order chi connectivity index (χ0) is 53.1. The highest BCUT2D eigenvalue weighted by Crippen LogP contribution is 2.37. The second kappa shape index (κ2) is 23.1. The molecule has 2 fully saturated rings. The monoisotopic (exact) mass is 1140 g/mol. The lowest BCUT2D eigenvalue weighted by Gasteiger charge is -2.27. The van der Waals surface area contributed by atoms with Gasteiger partial charge in [-0.2, -0.15) is 18.6 Å². The molecule has 0 unspecified atom stereocenters. The van der Waals surface area contributed by atoms with E-state index < -0.39 is 16.2 Å². The maximum absolute atomic E-state index is 12.8. The average molecular weight is 1150 g/mol. The van der Waals surface area contributed by atoms with E-state index in [1.165, 1.54) is 12.1 Å². The van der Waals surface area contributed by atoms with Crippen molar-refractivity contribution in [3.8, 4) is 23.0 Å². The molecule has 2 saturated heterocycles. The van der Waals surface area contributed by atoms with E-state index in [-0.39, 0.29) is 58.9 Å². The third-order valence-electron chi connectivity index (χ3n) is 14.1. The molecule has 0 aliphatic carbocycles. The first kappa shape index (κ1) is 54.8. The molecule has 9 rings (SSSR count). The van der Waals surface area contributed by atoms with Crippen LogP contribution < -0.4 is 14.2 Å². The maximum Gasteiger partial charge on any atom is 0.297 e. The Morgan fingerprint density at radius 2 is 1.07 bits per heavy atom. The van der Waals surface area contributed by atoms with E-state index in [4.69, 9.17) is 18.4 Å². The number of phenolic OH excluding ortho intramolecular Hbond substituents is 1. The molecule has 73 heavy (non-hydrogen) atoms. The highest BCUT2D eigenvalue weighted by Gasteiger charge is 2.39. The molecule has 7 aromatic rings. The van der Waals surface area contributed by atoms with Gasteiger partial charge in [-0.1, -0.05) is 73.8 Å². The normalized spacial score (nSPS) is 17.4. The van der Waals surface area contributed by atoms with Gasteiger partial charge in [0.15, 0.2) is 0 Å². The number of phenols is 1. The lowest BCUT2D eigenvalue weighted by atomic mass is 10.0. The van der Waals surface area contributed by atoms with Crippen molar-refractivity contribution in [2.75, 3.05) is 27.3 Å². The van der Waals surface area contributed by atoms with Gasteiger partial charge in [-0.3, -0.25) is 23.1 Å². The van der Waals surface area contributed by atoms with Gasteiger partial charge in [-0.05, 0) is 120 Å². The number of methoxy groups -OCH3 is 2. The first-order valence-electron chi connectivity index (χ1n) is 24.1. The third kappa shape index (κ3) is 12.5. The molecule has 2 aliphatic heterocycles. The van der Waals surface area contributed by atoms with Gasteiger partial charge in [0.25, 0.3) is 10.1 Å². The van der Waals surface area contributed by atoms with Crippen LogP contribution in [0.15, 0.2) is 111 Å². The van der Waals surface area contributed by atoms with Crippen molar-refractivity contribution in [1.82, 2.24) is 29.4 Å². The van der Waals surface area contributed by atoms with Crippen LogP contribution in [0.25, 0.3) is 21.8 Å². The van der Waals surface area contributed by atoms with Crippen molar-refractivity contribution in [2.45, 2.75) is 90.5 Å². The van der Waals surface area contributed by atoms with Crippen molar-refractivity contribution in [3.63, 3.8) is 0 Å². The number of halogens is 2. The smallest absolute Gasteiger partial charge is 0.297 e. The molecule has 388 valence electrons. The van der Waals surface area contributed by atoms with Crippen molar-refractivity contribution in [3.05, 3.63) is 134 Å². The highest BCUT2D eigenvalue weighted by atomic mass is 79.9. The first-order valence-corrected chi connectivity index (χ1v) is 27.1. The van der Waals surface area contributed by atoms with Crippen LogP contribution in [0.2, 0.25) is 0 Å². The van der Waals surface area contributed by atoms with Crippen molar-refractivity contribution in [1.29, 1.82) is 0 Å². The van der Waals surface area contributed by atoms with E-state index in [9.17, 15) is 23.1 Å².